The third-order valence-corrected chi connectivity index (χ3v) is 4.29. The Hall–Kier alpha value is -1.40. The normalized spacial score (nSPS) is 17.8. The predicted molar refractivity (Wildman–Crippen MR) is 82.0 cm³/mol. The molecule has 1 saturated heterocycles. The second-order valence-corrected chi connectivity index (χ2v) is 6.08. The summed E-state index contributed by atoms with van der Waals surface area (Å²) in [5.41, 5.74) is 0. The number of hydrogen-bond acceptors (Lipinski definition) is 4. The van der Waals surface area contributed by atoms with E-state index < -0.39 is 5.97 Å². The topological polar surface area (TPSA) is 66.8 Å². The average molecular weight is 330 g/mol. The number of rotatable bonds is 6. The maximum atomic E-state index is 11.9. The number of halogens is 1. The SMILES string of the molecule is O=C(O)CSCC(=O)N1CCC(Oc2ccccc2Cl)C1. The number of nitrogens with zero attached hydrogens (tertiary/aromatic N) is 1. The molecule has 1 aromatic carbocycles. The minimum absolute atomic E-state index is 0.0495. The molecule has 1 amide bonds. The second-order valence-electron chi connectivity index (χ2n) is 4.69. The van der Waals surface area contributed by atoms with E-state index in [1.54, 1.807) is 17.0 Å². The van der Waals surface area contributed by atoms with E-state index >= 15 is 0 Å². The number of para-hydroxylation sites is 1. The van der Waals surface area contributed by atoms with E-state index in [9.17, 15) is 9.59 Å². The lowest BCUT2D eigenvalue weighted by atomic mass is 10.3. The van der Waals surface area contributed by atoms with Crippen LogP contribution in [0.25, 0.3) is 0 Å². The van der Waals surface area contributed by atoms with Crippen LogP contribution in [0.1, 0.15) is 6.42 Å². The van der Waals surface area contributed by atoms with Gasteiger partial charge in [-0.05, 0) is 12.1 Å². The maximum absolute atomic E-state index is 11.9. The van der Waals surface area contributed by atoms with Crippen molar-refractivity contribution in [1.82, 2.24) is 4.90 Å². The molecule has 114 valence electrons. The largest absolute Gasteiger partial charge is 0.487 e. The van der Waals surface area contributed by atoms with Crippen LogP contribution < -0.4 is 4.74 Å². The molecule has 2 rings (SSSR count). The van der Waals surface area contributed by atoms with Crippen LogP contribution >= 0.6 is 23.4 Å². The number of thioether (sulfide) groups is 1. The molecule has 1 unspecified atom stereocenters. The number of carbonyl (C=O) groups excluding carboxylic acids is 1. The average Bonchev–Trinajstić information content (AvgIpc) is 2.89. The van der Waals surface area contributed by atoms with Crippen LogP contribution in [0.5, 0.6) is 5.75 Å². The summed E-state index contributed by atoms with van der Waals surface area (Å²) >= 11 is 7.15. The van der Waals surface area contributed by atoms with Crippen molar-refractivity contribution in [3.63, 3.8) is 0 Å². The van der Waals surface area contributed by atoms with Gasteiger partial charge in [0.05, 0.1) is 23.1 Å². The first-order valence-electron chi connectivity index (χ1n) is 6.55. The van der Waals surface area contributed by atoms with E-state index in [0.717, 1.165) is 18.2 Å². The molecule has 21 heavy (non-hydrogen) atoms. The maximum Gasteiger partial charge on any atom is 0.313 e. The van der Waals surface area contributed by atoms with Crippen molar-refractivity contribution >= 4 is 35.2 Å². The van der Waals surface area contributed by atoms with Gasteiger partial charge in [0.15, 0.2) is 0 Å². The van der Waals surface area contributed by atoms with E-state index in [2.05, 4.69) is 0 Å². The molecule has 5 nitrogen and oxygen atoms in total. The van der Waals surface area contributed by atoms with E-state index in [0.29, 0.717) is 23.9 Å². The van der Waals surface area contributed by atoms with Gasteiger partial charge < -0.3 is 14.7 Å². The van der Waals surface area contributed by atoms with E-state index in [1.807, 2.05) is 12.1 Å². The Morgan fingerprint density at radius 1 is 1.38 bits per heavy atom. The lowest BCUT2D eigenvalue weighted by Crippen LogP contribution is -2.32. The van der Waals surface area contributed by atoms with Crippen molar-refractivity contribution in [1.29, 1.82) is 0 Å². The molecule has 1 aromatic rings. The van der Waals surface area contributed by atoms with Crippen molar-refractivity contribution < 1.29 is 19.4 Å². The Labute approximate surface area is 132 Å². The van der Waals surface area contributed by atoms with Crippen LogP contribution in [0.15, 0.2) is 24.3 Å². The Bertz CT molecular complexity index is 525. The van der Waals surface area contributed by atoms with Crippen LogP contribution in [0.3, 0.4) is 0 Å². The fourth-order valence-electron chi connectivity index (χ4n) is 2.09. The zero-order chi connectivity index (χ0) is 15.2. The molecule has 0 spiro atoms. The standard InChI is InChI=1S/C14H16ClNO4S/c15-11-3-1-2-4-12(11)20-10-5-6-16(7-10)13(17)8-21-9-14(18)19/h1-4,10H,5-9H2,(H,18,19). The van der Waals surface area contributed by atoms with Crippen molar-refractivity contribution in [3.05, 3.63) is 29.3 Å². The fraction of sp³-hybridized carbons (Fsp3) is 0.429. The zero-order valence-electron chi connectivity index (χ0n) is 11.3. The number of ether oxygens (including phenoxy) is 1. The minimum Gasteiger partial charge on any atom is -0.487 e. The lowest BCUT2D eigenvalue weighted by molar-refractivity contribution is -0.133. The number of carboxylic acid groups (broad SMARTS) is 1. The first-order chi connectivity index (χ1) is 10.1. The minimum atomic E-state index is -0.908. The van der Waals surface area contributed by atoms with Crippen molar-refractivity contribution in [2.75, 3.05) is 24.6 Å². The molecule has 1 atom stereocenters. The number of amides is 1. The van der Waals surface area contributed by atoms with Crippen LogP contribution in [0, 0.1) is 0 Å². The third-order valence-electron chi connectivity index (χ3n) is 3.08. The summed E-state index contributed by atoms with van der Waals surface area (Å²) in [7, 11) is 0. The molecule has 1 aliphatic rings. The van der Waals surface area contributed by atoms with Gasteiger partial charge in [0.25, 0.3) is 0 Å². The second kappa shape index (κ2) is 7.56. The van der Waals surface area contributed by atoms with Gasteiger partial charge in [-0.1, -0.05) is 23.7 Å². The number of aliphatic carboxylic acids is 1. The smallest absolute Gasteiger partial charge is 0.313 e. The fourth-order valence-corrected chi connectivity index (χ4v) is 2.90. The van der Waals surface area contributed by atoms with E-state index in [4.69, 9.17) is 21.4 Å². The Kier molecular flexibility index (Phi) is 5.76. The van der Waals surface area contributed by atoms with Gasteiger partial charge in [-0.2, -0.15) is 0 Å². The molecule has 0 saturated carbocycles. The molecule has 1 heterocycles. The number of benzene rings is 1. The van der Waals surface area contributed by atoms with E-state index in [-0.39, 0.29) is 23.5 Å². The van der Waals surface area contributed by atoms with Gasteiger partial charge in [-0.15, -0.1) is 11.8 Å². The summed E-state index contributed by atoms with van der Waals surface area (Å²) in [6.45, 7) is 1.14. The van der Waals surface area contributed by atoms with Crippen molar-refractivity contribution in [2.45, 2.75) is 12.5 Å². The molecule has 0 aliphatic carbocycles. The highest BCUT2D eigenvalue weighted by molar-refractivity contribution is 8.00. The zero-order valence-corrected chi connectivity index (χ0v) is 12.9. The molecule has 0 radical (unpaired) electrons. The molecule has 0 aromatic heterocycles. The van der Waals surface area contributed by atoms with Gasteiger partial charge in [-0.25, -0.2) is 0 Å². The quantitative estimate of drug-likeness (QED) is 0.866. The molecule has 1 aliphatic heterocycles. The summed E-state index contributed by atoms with van der Waals surface area (Å²) < 4.78 is 5.80. The summed E-state index contributed by atoms with van der Waals surface area (Å²) in [5.74, 6) is -0.205. The number of hydrogen-bond donors (Lipinski definition) is 1. The number of likely N-dealkylation sites (tertiary alicyclic amines) is 1. The van der Waals surface area contributed by atoms with Crippen molar-refractivity contribution in [2.24, 2.45) is 0 Å². The Morgan fingerprint density at radius 3 is 2.86 bits per heavy atom. The van der Waals surface area contributed by atoms with Gasteiger partial charge in [0.2, 0.25) is 5.91 Å². The molecular weight excluding hydrogens is 314 g/mol. The van der Waals surface area contributed by atoms with Crippen LogP contribution in [0.4, 0.5) is 0 Å². The van der Waals surface area contributed by atoms with Crippen molar-refractivity contribution in [3.8, 4) is 5.75 Å². The molecule has 0 bridgehead atoms. The summed E-state index contributed by atoms with van der Waals surface area (Å²) in [5, 5.41) is 9.10. The Morgan fingerprint density at radius 2 is 2.14 bits per heavy atom. The molecule has 1 N–H and O–H groups in total. The van der Waals surface area contributed by atoms with Gasteiger partial charge in [0.1, 0.15) is 11.9 Å². The first kappa shape index (κ1) is 16.0. The highest BCUT2D eigenvalue weighted by Crippen LogP contribution is 2.26. The highest BCUT2D eigenvalue weighted by Gasteiger charge is 2.27. The van der Waals surface area contributed by atoms with Gasteiger partial charge in [-0.3, -0.25) is 9.59 Å². The molecule has 7 heteroatoms. The summed E-state index contributed by atoms with van der Waals surface area (Å²) in [4.78, 5) is 24.0. The number of carbonyl (C=O) groups is 2. The van der Waals surface area contributed by atoms with Crippen LogP contribution in [-0.2, 0) is 9.59 Å². The van der Waals surface area contributed by atoms with Gasteiger partial charge >= 0.3 is 5.97 Å². The van der Waals surface area contributed by atoms with E-state index in [1.165, 1.54) is 0 Å². The lowest BCUT2D eigenvalue weighted by Gasteiger charge is -2.17. The predicted octanol–water partition coefficient (Wildman–Crippen LogP) is 2.14. The summed E-state index contributed by atoms with van der Waals surface area (Å²) in [6.07, 6.45) is 0.680. The van der Waals surface area contributed by atoms with Crippen LogP contribution in [0.2, 0.25) is 5.02 Å². The highest BCUT2D eigenvalue weighted by atomic mass is 35.5. The Balaban J connectivity index is 1.79. The van der Waals surface area contributed by atoms with Crippen LogP contribution in [-0.4, -0.2) is 52.6 Å². The molecular formula is C14H16ClNO4S. The van der Waals surface area contributed by atoms with Gasteiger partial charge in [0, 0.05) is 13.0 Å². The molecule has 1 fully saturated rings. The third kappa shape index (κ3) is 4.82. The first-order valence-corrected chi connectivity index (χ1v) is 8.08. The summed E-state index contributed by atoms with van der Waals surface area (Å²) in [6, 6.07) is 7.24. The number of carboxylic acids is 1. The monoisotopic (exact) mass is 329 g/mol.